The second-order valence-electron chi connectivity index (χ2n) is 7.22. The third-order valence-corrected chi connectivity index (χ3v) is 5.49. The first-order valence-corrected chi connectivity index (χ1v) is 9.31. The Balaban J connectivity index is 1.44. The lowest BCUT2D eigenvalue weighted by Gasteiger charge is -2.36. The van der Waals surface area contributed by atoms with Gasteiger partial charge in [0.1, 0.15) is 5.75 Å². The fourth-order valence-electron chi connectivity index (χ4n) is 3.65. The average Bonchev–Trinajstić information content (AvgIpc) is 3.16. The molecule has 3 rings (SSSR count). The maximum atomic E-state index is 12.4. The molecule has 2 amide bonds. The van der Waals surface area contributed by atoms with E-state index >= 15 is 0 Å². The number of hydrogen-bond donors (Lipinski definition) is 0. The summed E-state index contributed by atoms with van der Waals surface area (Å²) < 4.78 is 5.64. The summed E-state index contributed by atoms with van der Waals surface area (Å²) in [7, 11) is 0. The number of aryl methyl sites for hydroxylation is 2. The summed E-state index contributed by atoms with van der Waals surface area (Å²) >= 11 is 0. The Morgan fingerprint density at radius 3 is 2.28 bits per heavy atom. The second kappa shape index (κ2) is 7.89. The van der Waals surface area contributed by atoms with Crippen LogP contribution < -0.4 is 4.74 Å². The maximum absolute atomic E-state index is 12.4. The number of amides is 2. The molecule has 0 unspecified atom stereocenters. The molecule has 1 saturated heterocycles. The minimum absolute atomic E-state index is 0.00815. The fourth-order valence-corrected chi connectivity index (χ4v) is 3.65. The molecule has 1 aromatic rings. The Morgan fingerprint density at radius 2 is 1.64 bits per heavy atom. The van der Waals surface area contributed by atoms with Crippen molar-refractivity contribution in [2.45, 2.75) is 39.5 Å². The van der Waals surface area contributed by atoms with Gasteiger partial charge in [0.25, 0.3) is 5.91 Å². The lowest BCUT2D eigenvalue weighted by Crippen LogP contribution is -2.52. The molecule has 0 bridgehead atoms. The van der Waals surface area contributed by atoms with Crippen molar-refractivity contribution in [2.75, 3.05) is 32.8 Å². The topological polar surface area (TPSA) is 49.9 Å². The number of ether oxygens (including phenoxy) is 1. The molecule has 25 heavy (non-hydrogen) atoms. The SMILES string of the molecule is Cc1ccc(OCC(=O)N2CCN(C(=O)C3CCCC3)CC2)cc1C. The van der Waals surface area contributed by atoms with Crippen molar-refractivity contribution in [1.29, 1.82) is 0 Å². The number of carbonyl (C=O) groups is 2. The standard InChI is InChI=1S/C20H28N2O3/c1-15-7-8-18(13-16(15)2)25-14-19(23)21-9-11-22(12-10-21)20(24)17-5-3-4-6-17/h7-8,13,17H,3-6,9-12,14H2,1-2H3. The van der Waals surface area contributed by atoms with E-state index in [1.807, 2.05) is 30.0 Å². The second-order valence-corrected chi connectivity index (χ2v) is 7.22. The van der Waals surface area contributed by atoms with Gasteiger partial charge in [-0.2, -0.15) is 0 Å². The van der Waals surface area contributed by atoms with Gasteiger partial charge < -0.3 is 14.5 Å². The number of piperazine rings is 1. The fraction of sp³-hybridized carbons (Fsp3) is 0.600. The molecule has 0 atom stereocenters. The van der Waals surface area contributed by atoms with Crippen LogP contribution in [0, 0.1) is 19.8 Å². The van der Waals surface area contributed by atoms with Gasteiger partial charge in [0.15, 0.2) is 6.61 Å². The molecule has 0 aromatic heterocycles. The van der Waals surface area contributed by atoms with E-state index < -0.39 is 0 Å². The number of benzene rings is 1. The van der Waals surface area contributed by atoms with Crippen molar-refractivity contribution in [1.82, 2.24) is 9.80 Å². The van der Waals surface area contributed by atoms with Crippen molar-refractivity contribution >= 4 is 11.8 Å². The van der Waals surface area contributed by atoms with Crippen LogP contribution in [0.25, 0.3) is 0 Å². The Kier molecular flexibility index (Phi) is 5.61. The Bertz CT molecular complexity index is 630. The highest BCUT2D eigenvalue weighted by atomic mass is 16.5. The number of carbonyl (C=O) groups excluding carboxylic acids is 2. The van der Waals surface area contributed by atoms with Gasteiger partial charge in [-0.25, -0.2) is 0 Å². The molecule has 2 aliphatic rings. The summed E-state index contributed by atoms with van der Waals surface area (Å²) in [5, 5.41) is 0. The summed E-state index contributed by atoms with van der Waals surface area (Å²) in [4.78, 5) is 28.5. The summed E-state index contributed by atoms with van der Waals surface area (Å²) in [5.41, 5.74) is 2.37. The van der Waals surface area contributed by atoms with Gasteiger partial charge in [0, 0.05) is 32.1 Å². The van der Waals surface area contributed by atoms with Crippen LogP contribution in [0.1, 0.15) is 36.8 Å². The van der Waals surface area contributed by atoms with Crippen molar-refractivity contribution in [2.24, 2.45) is 5.92 Å². The van der Waals surface area contributed by atoms with E-state index in [1.54, 1.807) is 4.90 Å². The third kappa shape index (κ3) is 4.33. The van der Waals surface area contributed by atoms with Crippen molar-refractivity contribution in [3.63, 3.8) is 0 Å². The van der Waals surface area contributed by atoms with E-state index in [0.29, 0.717) is 26.2 Å². The minimum Gasteiger partial charge on any atom is -0.484 e. The molecule has 0 spiro atoms. The number of hydrogen-bond acceptors (Lipinski definition) is 3. The molecular formula is C20H28N2O3. The number of nitrogens with zero attached hydrogens (tertiary/aromatic N) is 2. The normalized spacial score (nSPS) is 18.5. The summed E-state index contributed by atoms with van der Waals surface area (Å²) in [6.07, 6.45) is 4.40. The van der Waals surface area contributed by atoms with Gasteiger partial charge in [-0.1, -0.05) is 18.9 Å². The van der Waals surface area contributed by atoms with Gasteiger partial charge in [-0.15, -0.1) is 0 Å². The Labute approximate surface area is 149 Å². The smallest absolute Gasteiger partial charge is 0.260 e. The molecule has 1 aliphatic heterocycles. The highest BCUT2D eigenvalue weighted by molar-refractivity contribution is 5.80. The predicted molar refractivity (Wildman–Crippen MR) is 96.5 cm³/mol. The highest BCUT2D eigenvalue weighted by Gasteiger charge is 2.30. The third-order valence-electron chi connectivity index (χ3n) is 5.49. The predicted octanol–water partition coefficient (Wildman–Crippen LogP) is 2.54. The van der Waals surface area contributed by atoms with E-state index in [1.165, 1.54) is 18.4 Å². The minimum atomic E-state index is -0.00815. The van der Waals surface area contributed by atoms with E-state index in [9.17, 15) is 9.59 Å². The van der Waals surface area contributed by atoms with Crippen LogP contribution in [-0.2, 0) is 9.59 Å². The van der Waals surface area contributed by atoms with Crippen LogP contribution in [0.2, 0.25) is 0 Å². The Hall–Kier alpha value is -2.04. The maximum Gasteiger partial charge on any atom is 0.260 e. The molecule has 2 fully saturated rings. The lowest BCUT2D eigenvalue weighted by atomic mass is 10.1. The van der Waals surface area contributed by atoms with Crippen molar-refractivity contribution in [3.8, 4) is 5.75 Å². The molecule has 1 aliphatic carbocycles. The zero-order chi connectivity index (χ0) is 17.8. The molecular weight excluding hydrogens is 316 g/mol. The molecule has 1 saturated carbocycles. The first-order valence-electron chi connectivity index (χ1n) is 9.31. The largest absolute Gasteiger partial charge is 0.484 e. The van der Waals surface area contributed by atoms with E-state index in [0.717, 1.165) is 24.2 Å². The zero-order valence-electron chi connectivity index (χ0n) is 15.3. The summed E-state index contributed by atoms with van der Waals surface area (Å²) in [5.74, 6) is 1.23. The van der Waals surface area contributed by atoms with Crippen LogP contribution in [0.3, 0.4) is 0 Å². The highest BCUT2D eigenvalue weighted by Crippen LogP contribution is 2.27. The first-order chi connectivity index (χ1) is 12.0. The van der Waals surface area contributed by atoms with Gasteiger partial charge in [-0.05, 0) is 49.9 Å². The van der Waals surface area contributed by atoms with Gasteiger partial charge in [0.05, 0.1) is 0 Å². The van der Waals surface area contributed by atoms with Crippen LogP contribution in [0.4, 0.5) is 0 Å². The molecule has 1 heterocycles. The quantitative estimate of drug-likeness (QED) is 0.843. The summed E-state index contributed by atoms with van der Waals surface area (Å²) in [6.45, 7) is 6.64. The monoisotopic (exact) mass is 344 g/mol. The number of rotatable bonds is 4. The van der Waals surface area contributed by atoms with Gasteiger partial charge in [-0.3, -0.25) is 9.59 Å². The molecule has 0 N–H and O–H groups in total. The zero-order valence-corrected chi connectivity index (χ0v) is 15.3. The molecule has 1 aromatic carbocycles. The van der Waals surface area contributed by atoms with Crippen LogP contribution in [0.5, 0.6) is 5.75 Å². The molecule has 5 heteroatoms. The average molecular weight is 344 g/mol. The summed E-state index contributed by atoms with van der Waals surface area (Å²) in [6, 6.07) is 5.86. The van der Waals surface area contributed by atoms with E-state index in [-0.39, 0.29) is 24.3 Å². The molecule has 0 radical (unpaired) electrons. The molecule has 5 nitrogen and oxygen atoms in total. The van der Waals surface area contributed by atoms with Gasteiger partial charge in [0.2, 0.25) is 5.91 Å². The van der Waals surface area contributed by atoms with E-state index in [2.05, 4.69) is 6.92 Å². The first kappa shape index (κ1) is 17.8. The van der Waals surface area contributed by atoms with Crippen LogP contribution >= 0.6 is 0 Å². The van der Waals surface area contributed by atoms with Crippen LogP contribution in [0.15, 0.2) is 18.2 Å². The Morgan fingerprint density at radius 1 is 1.00 bits per heavy atom. The van der Waals surface area contributed by atoms with E-state index in [4.69, 9.17) is 4.74 Å². The lowest BCUT2D eigenvalue weighted by molar-refractivity contribution is -0.142. The van der Waals surface area contributed by atoms with Crippen molar-refractivity contribution in [3.05, 3.63) is 29.3 Å². The van der Waals surface area contributed by atoms with Crippen LogP contribution in [-0.4, -0.2) is 54.4 Å². The van der Waals surface area contributed by atoms with Gasteiger partial charge >= 0.3 is 0 Å². The van der Waals surface area contributed by atoms with Crippen molar-refractivity contribution < 1.29 is 14.3 Å². The molecule has 136 valence electrons.